The summed E-state index contributed by atoms with van der Waals surface area (Å²) < 4.78 is 33.3. The highest BCUT2D eigenvalue weighted by Crippen LogP contribution is 2.22. The number of hydrogen-bond donors (Lipinski definition) is 2. The summed E-state index contributed by atoms with van der Waals surface area (Å²) >= 11 is 0. The molecule has 0 aromatic heterocycles. The Morgan fingerprint density at radius 2 is 1.81 bits per heavy atom. The van der Waals surface area contributed by atoms with Crippen molar-refractivity contribution in [3.63, 3.8) is 0 Å². The highest BCUT2D eigenvalue weighted by Gasteiger charge is 2.18. The van der Waals surface area contributed by atoms with E-state index in [0.29, 0.717) is 11.1 Å². The second-order valence-electron chi connectivity index (χ2n) is 6.01. The molecule has 0 saturated carbocycles. The molecule has 27 heavy (non-hydrogen) atoms. The minimum absolute atomic E-state index is 0.0440. The Morgan fingerprint density at radius 3 is 2.37 bits per heavy atom. The van der Waals surface area contributed by atoms with Crippen LogP contribution >= 0.6 is 0 Å². The van der Waals surface area contributed by atoms with Crippen LogP contribution in [0.4, 0.5) is 8.78 Å². The Kier molecular flexibility index (Phi) is 6.98. The number of benzene rings is 2. The number of carbonyl (C=O) groups is 2. The number of nitrogens with one attached hydrogen (secondary N) is 1. The zero-order valence-corrected chi connectivity index (χ0v) is 15.0. The number of halogens is 2. The molecule has 0 heterocycles. The number of ether oxygens (including phenoxy) is 1. The monoisotopic (exact) mass is 378 g/mol. The molecule has 1 amide bonds. The van der Waals surface area contributed by atoms with Crippen molar-refractivity contribution in [2.24, 2.45) is 0 Å². The van der Waals surface area contributed by atoms with Gasteiger partial charge in [-0.1, -0.05) is 18.2 Å². The minimum Gasteiger partial charge on any atom is -0.497 e. The summed E-state index contributed by atoms with van der Waals surface area (Å²) in [5.74, 6) is -2.42. The molecular weight excluding hydrogens is 358 g/mol. The van der Waals surface area contributed by atoms with Crippen LogP contribution in [0.5, 0.6) is 5.75 Å². The molecule has 2 rings (SSSR count). The van der Waals surface area contributed by atoms with E-state index in [1.54, 1.807) is 24.3 Å². The first-order valence-electron chi connectivity index (χ1n) is 8.11. The summed E-state index contributed by atoms with van der Waals surface area (Å²) in [6.07, 6.45) is 0. The molecule has 0 radical (unpaired) electrons. The molecule has 0 fully saturated rings. The molecule has 2 N–H and O–H groups in total. The van der Waals surface area contributed by atoms with Crippen molar-refractivity contribution in [2.45, 2.75) is 20.0 Å². The van der Waals surface area contributed by atoms with Crippen LogP contribution in [0.15, 0.2) is 36.4 Å². The fraction of sp³-hybridized carbons (Fsp3) is 0.263. The fourth-order valence-electron chi connectivity index (χ4n) is 2.63. The number of hydroxylamine groups is 1. The largest absolute Gasteiger partial charge is 0.497 e. The van der Waals surface area contributed by atoms with Gasteiger partial charge in [0.2, 0.25) is 0 Å². The van der Waals surface area contributed by atoms with Gasteiger partial charge in [0, 0.05) is 36.3 Å². The Balaban J connectivity index is 2.29. The van der Waals surface area contributed by atoms with Crippen molar-refractivity contribution in [1.82, 2.24) is 10.4 Å². The molecule has 6 nitrogen and oxygen atoms in total. The standard InChI is InChI=1S/C19H20F2N2O4/c1-12(24)14-5-3-4-13(6-14)9-23(11-19(25)22-26)10-16-17(20)7-15(27-2)8-18(16)21/h3-8,26H,9-11H2,1-2H3,(H,22,25). The van der Waals surface area contributed by atoms with Gasteiger partial charge < -0.3 is 4.74 Å². The lowest BCUT2D eigenvalue weighted by Crippen LogP contribution is -2.35. The van der Waals surface area contributed by atoms with Crippen molar-refractivity contribution in [1.29, 1.82) is 0 Å². The maximum Gasteiger partial charge on any atom is 0.257 e. The highest BCUT2D eigenvalue weighted by atomic mass is 19.1. The van der Waals surface area contributed by atoms with Crippen LogP contribution in [0.3, 0.4) is 0 Å². The fourth-order valence-corrected chi connectivity index (χ4v) is 2.63. The lowest BCUT2D eigenvalue weighted by atomic mass is 10.1. The third kappa shape index (κ3) is 5.57. The molecule has 0 atom stereocenters. The molecule has 2 aromatic carbocycles. The van der Waals surface area contributed by atoms with E-state index in [0.717, 1.165) is 12.1 Å². The quantitative estimate of drug-likeness (QED) is 0.420. The predicted octanol–water partition coefficient (Wildman–Crippen LogP) is 2.68. The first-order valence-corrected chi connectivity index (χ1v) is 8.11. The molecule has 0 bridgehead atoms. The van der Waals surface area contributed by atoms with Gasteiger partial charge in [-0.15, -0.1) is 0 Å². The van der Waals surface area contributed by atoms with Gasteiger partial charge in [0.25, 0.3) is 5.91 Å². The first kappa shape index (κ1) is 20.5. The molecule has 0 aliphatic rings. The molecular formula is C19H20F2N2O4. The summed E-state index contributed by atoms with van der Waals surface area (Å²) in [6, 6.07) is 8.83. The van der Waals surface area contributed by atoms with Gasteiger partial charge in [-0.2, -0.15) is 0 Å². The van der Waals surface area contributed by atoms with Gasteiger partial charge >= 0.3 is 0 Å². The van der Waals surface area contributed by atoms with E-state index >= 15 is 0 Å². The van der Waals surface area contributed by atoms with E-state index < -0.39 is 17.5 Å². The van der Waals surface area contributed by atoms with Crippen molar-refractivity contribution in [3.8, 4) is 5.75 Å². The van der Waals surface area contributed by atoms with Crippen molar-refractivity contribution >= 4 is 11.7 Å². The number of nitrogens with zero attached hydrogens (tertiary/aromatic N) is 1. The van der Waals surface area contributed by atoms with E-state index in [1.165, 1.54) is 24.4 Å². The summed E-state index contributed by atoms with van der Waals surface area (Å²) in [5, 5.41) is 8.77. The Hall–Kier alpha value is -2.84. The number of ketones is 1. The van der Waals surface area contributed by atoms with E-state index in [2.05, 4.69) is 0 Å². The van der Waals surface area contributed by atoms with Gasteiger partial charge in [-0.05, 0) is 18.6 Å². The van der Waals surface area contributed by atoms with E-state index in [-0.39, 0.29) is 36.7 Å². The van der Waals surface area contributed by atoms with Gasteiger partial charge in [-0.25, -0.2) is 14.3 Å². The molecule has 0 spiro atoms. The van der Waals surface area contributed by atoms with Crippen LogP contribution in [-0.4, -0.2) is 35.5 Å². The maximum atomic E-state index is 14.2. The zero-order valence-electron chi connectivity index (χ0n) is 15.0. The minimum atomic E-state index is -0.807. The van der Waals surface area contributed by atoms with E-state index in [4.69, 9.17) is 9.94 Å². The number of rotatable bonds is 8. The molecule has 0 unspecified atom stereocenters. The Bertz CT molecular complexity index is 819. The summed E-state index contributed by atoms with van der Waals surface area (Å²) in [6.45, 7) is 1.04. The lowest BCUT2D eigenvalue weighted by Gasteiger charge is -2.22. The SMILES string of the molecule is COc1cc(F)c(CN(CC(=O)NO)Cc2cccc(C(C)=O)c2)c(F)c1. The smallest absolute Gasteiger partial charge is 0.257 e. The number of methoxy groups -OCH3 is 1. The number of amides is 1. The van der Waals surface area contributed by atoms with Gasteiger partial charge in [-0.3, -0.25) is 19.7 Å². The Labute approximate surface area is 155 Å². The zero-order chi connectivity index (χ0) is 20.0. The number of carbonyl (C=O) groups excluding carboxylic acids is 2. The van der Waals surface area contributed by atoms with E-state index in [1.807, 2.05) is 0 Å². The molecule has 0 aliphatic carbocycles. The third-order valence-electron chi connectivity index (χ3n) is 3.96. The van der Waals surface area contributed by atoms with Crippen molar-refractivity contribution in [3.05, 3.63) is 64.7 Å². The van der Waals surface area contributed by atoms with Crippen molar-refractivity contribution < 1.29 is 28.3 Å². The van der Waals surface area contributed by atoms with Crippen LogP contribution in [0.25, 0.3) is 0 Å². The topological polar surface area (TPSA) is 78.9 Å². The average Bonchev–Trinajstić information content (AvgIpc) is 2.64. The normalized spacial score (nSPS) is 10.7. The van der Waals surface area contributed by atoms with Crippen LogP contribution in [-0.2, 0) is 17.9 Å². The second kappa shape index (κ2) is 9.20. The lowest BCUT2D eigenvalue weighted by molar-refractivity contribution is -0.130. The molecule has 144 valence electrons. The number of Topliss-reactive ketones (excluding diaryl/α,β-unsaturated/α-hetero) is 1. The maximum absolute atomic E-state index is 14.2. The van der Waals surface area contributed by atoms with Crippen molar-refractivity contribution in [2.75, 3.05) is 13.7 Å². The first-order chi connectivity index (χ1) is 12.8. The van der Waals surface area contributed by atoms with Gasteiger partial charge in [0.1, 0.15) is 17.4 Å². The van der Waals surface area contributed by atoms with Crippen LogP contribution in [0, 0.1) is 11.6 Å². The predicted molar refractivity (Wildman–Crippen MR) is 93.4 cm³/mol. The highest BCUT2D eigenvalue weighted by molar-refractivity contribution is 5.94. The van der Waals surface area contributed by atoms with Crippen LogP contribution in [0.1, 0.15) is 28.4 Å². The molecule has 0 saturated heterocycles. The Morgan fingerprint density at radius 1 is 1.15 bits per heavy atom. The number of hydrogen-bond acceptors (Lipinski definition) is 5. The second-order valence-corrected chi connectivity index (χ2v) is 6.01. The van der Waals surface area contributed by atoms with Gasteiger partial charge in [0.05, 0.1) is 13.7 Å². The summed E-state index contributed by atoms with van der Waals surface area (Å²) in [4.78, 5) is 24.6. The average molecular weight is 378 g/mol. The molecule has 8 heteroatoms. The van der Waals surface area contributed by atoms with Crippen LogP contribution < -0.4 is 10.2 Å². The summed E-state index contributed by atoms with van der Waals surface area (Å²) in [5.41, 5.74) is 2.44. The third-order valence-corrected chi connectivity index (χ3v) is 3.96. The summed E-state index contributed by atoms with van der Waals surface area (Å²) in [7, 11) is 1.30. The van der Waals surface area contributed by atoms with Crippen LogP contribution in [0.2, 0.25) is 0 Å². The van der Waals surface area contributed by atoms with Gasteiger partial charge in [0.15, 0.2) is 5.78 Å². The molecule has 0 aliphatic heterocycles. The van der Waals surface area contributed by atoms with E-state index in [9.17, 15) is 18.4 Å². The molecule has 2 aromatic rings.